The molecule has 1 saturated heterocycles. The van der Waals surface area contributed by atoms with Crippen LogP contribution in [0.15, 0.2) is 35.7 Å². The zero-order valence-corrected chi connectivity index (χ0v) is 13.6. The first-order valence-electron chi connectivity index (χ1n) is 7.62. The summed E-state index contributed by atoms with van der Waals surface area (Å²) in [5, 5.41) is 4.40. The molecule has 24 heavy (non-hydrogen) atoms. The largest absolute Gasteiger partial charge is 0.330 e. The molecular formula is C17H16F2N2O2S. The third-order valence-corrected chi connectivity index (χ3v) is 4.79. The number of rotatable bonds is 4. The van der Waals surface area contributed by atoms with Crippen molar-refractivity contribution in [2.75, 3.05) is 11.9 Å². The van der Waals surface area contributed by atoms with E-state index in [-0.39, 0.29) is 18.0 Å². The van der Waals surface area contributed by atoms with Gasteiger partial charge in [0, 0.05) is 23.2 Å². The van der Waals surface area contributed by atoms with Crippen LogP contribution in [0.3, 0.4) is 0 Å². The van der Waals surface area contributed by atoms with Gasteiger partial charge in [-0.15, -0.1) is 11.3 Å². The van der Waals surface area contributed by atoms with Gasteiger partial charge < -0.3 is 10.2 Å². The Balaban J connectivity index is 1.67. The molecule has 2 heterocycles. The molecule has 1 aromatic heterocycles. The van der Waals surface area contributed by atoms with Crippen LogP contribution < -0.4 is 5.32 Å². The lowest BCUT2D eigenvalue weighted by Gasteiger charge is -2.24. The van der Waals surface area contributed by atoms with Gasteiger partial charge in [-0.2, -0.15) is 0 Å². The van der Waals surface area contributed by atoms with Gasteiger partial charge in [0.2, 0.25) is 11.8 Å². The molecule has 1 aliphatic rings. The SMILES string of the molecule is O=C(Nc1cc(F)cc(F)c1)C1CCCN1C(=O)Cc1cccs1. The predicted octanol–water partition coefficient (Wildman–Crippen LogP) is 3.20. The van der Waals surface area contributed by atoms with Crippen molar-refractivity contribution >= 4 is 28.8 Å². The van der Waals surface area contributed by atoms with Crippen LogP contribution in [-0.4, -0.2) is 29.3 Å². The van der Waals surface area contributed by atoms with E-state index in [2.05, 4.69) is 5.32 Å². The number of hydrogen-bond donors (Lipinski definition) is 1. The number of thiophene rings is 1. The monoisotopic (exact) mass is 350 g/mol. The molecule has 1 unspecified atom stereocenters. The molecule has 2 amide bonds. The average molecular weight is 350 g/mol. The molecule has 3 rings (SSSR count). The second kappa shape index (κ2) is 7.09. The first-order valence-corrected chi connectivity index (χ1v) is 8.50. The molecule has 0 radical (unpaired) electrons. The highest BCUT2D eigenvalue weighted by molar-refractivity contribution is 7.10. The molecule has 126 valence electrons. The summed E-state index contributed by atoms with van der Waals surface area (Å²) in [6.45, 7) is 0.514. The van der Waals surface area contributed by atoms with Gasteiger partial charge >= 0.3 is 0 Å². The Morgan fingerprint density at radius 2 is 2.00 bits per heavy atom. The number of halogens is 2. The van der Waals surface area contributed by atoms with E-state index in [1.807, 2.05) is 17.5 Å². The molecule has 0 bridgehead atoms. The summed E-state index contributed by atoms with van der Waals surface area (Å²) in [5.74, 6) is -2.05. The van der Waals surface area contributed by atoms with E-state index in [0.717, 1.165) is 29.5 Å². The minimum atomic E-state index is -0.762. The van der Waals surface area contributed by atoms with Crippen molar-refractivity contribution in [2.24, 2.45) is 0 Å². The normalized spacial score (nSPS) is 17.1. The zero-order chi connectivity index (χ0) is 17.1. The van der Waals surface area contributed by atoms with Crippen molar-refractivity contribution in [3.05, 3.63) is 52.2 Å². The van der Waals surface area contributed by atoms with Crippen molar-refractivity contribution in [2.45, 2.75) is 25.3 Å². The molecule has 2 aromatic rings. The van der Waals surface area contributed by atoms with Crippen LogP contribution in [-0.2, 0) is 16.0 Å². The second-order valence-corrected chi connectivity index (χ2v) is 6.68. The second-order valence-electron chi connectivity index (χ2n) is 5.65. The molecule has 1 aliphatic heterocycles. The Labute approximate surface area is 142 Å². The average Bonchev–Trinajstić information content (AvgIpc) is 3.16. The lowest BCUT2D eigenvalue weighted by atomic mass is 10.2. The van der Waals surface area contributed by atoms with Crippen molar-refractivity contribution in [3.63, 3.8) is 0 Å². The molecule has 1 fully saturated rings. The molecule has 1 atom stereocenters. The maximum Gasteiger partial charge on any atom is 0.247 e. The summed E-state index contributed by atoms with van der Waals surface area (Å²) in [6, 6.07) is 5.98. The summed E-state index contributed by atoms with van der Waals surface area (Å²) >= 11 is 1.49. The molecule has 0 saturated carbocycles. The number of nitrogens with one attached hydrogen (secondary N) is 1. The van der Waals surface area contributed by atoms with Crippen LogP contribution in [0.5, 0.6) is 0 Å². The van der Waals surface area contributed by atoms with Crippen LogP contribution in [0, 0.1) is 11.6 Å². The molecule has 0 spiro atoms. The molecule has 1 N–H and O–H groups in total. The number of anilines is 1. The van der Waals surface area contributed by atoms with E-state index in [1.165, 1.54) is 11.3 Å². The first kappa shape index (κ1) is 16.6. The molecule has 1 aromatic carbocycles. The zero-order valence-electron chi connectivity index (χ0n) is 12.8. The fourth-order valence-corrected chi connectivity index (χ4v) is 3.55. The molecule has 7 heteroatoms. The smallest absolute Gasteiger partial charge is 0.247 e. The first-order chi connectivity index (χ1) is 11.5. The van der Waals surface area contributed by atoms with Crippen molar-refractivity contribution in [3.8, 4) is 0 Å². The Morgan fingerprint density at radius 1 is 1.25 bits per heavy atom. The molecule has 4 nitrogen and oxygen atoms in total. The topological polar surface area (TPSA) is 49.4 Å². The summed E-state index contributed by atoms with van der Waals surface area (Å²) in [4.78, 5) is 27.3. The van der Waals surface area contributed by atoms with Crippen molar-refractivity contribution in [1.82, 2.24) is 4.90 Å². The highest BCUT2D eigenvalue weighted by Gasteiger charge is 2.34. The number of carbonyl (C=O) groups excluding carboxylic acids is 2. The van der Waals surface area contributed by atoms with Crippen molar-refractivity contribution < 1.29 is 18.4 Å². The maximum atomic E-state index is 13.2. The highest BCUT2D eigenvalue weighted by atomic mass is 32.1. The van der Waals surface area contributed by atoms with E-state index in [1.54, 1.807) is 4.90 Å². The number of hydrogen-bond acceptors (Lipinski definition) is 3. The third kappa shape index (κ3) is 3.79. The fraction of sp³-hybridized carbons (Fsp3) is 0.294. The van der Waals surface area contributed by atoms with E-state index < -0.39 is 23.6 Å². The predicted molar refractivity (Wildman–Crippen MR) is 87.7 cm³/mol. The van der Waals surface area contributed by atoms with Gasteiger partial charge in [-0.3, -0.25) is 9.59 Å². The number of carbonyl (C=O) groups is 2. The lowest BCUT2D eigenvalue weighted by Crippen LogP contribution is -2.43. The van der Waals surface area contributed by atoms with E-state index in [0.29, 0.717) is 13.0 Å². The van der Waals surface area contributed by atoms with Crippen LogP contribution in [0.4, 0.5) is 14.5 Å². The van der Waals surface area contributed by atoms with Gasteiger partial charge in [-0.25, -0.2) is 8.78 Å². The van der Waals surface area contributed by atoms with Gasteiger partial charge in [0.05, 0.1) is 6.42 Å². The standard InChI is InChI=1S/C17H16F2N2O2S/c18-11-7-12(19)9-13(8-11)20-17(23)15-4-1-5-21(15)16(22)10-14-3-2-6-24-14/h2-3,6-9,15H,1,4-5,10H2,(H,20,23). The van der Waals surface area contributed by atoms with Crippen LogP contribution in [0.2, 0.25) is 0 Å². The summed E-state index contributed by atoms with van der Waals surface area (Å²) in [7, 11) is 0. The maximum absolute atomic E-state index is 13.2. The van der Waals surface area contributed by atoms with E-state index >= 15 is 0 Å². The highest BCUT2D eigenvalue weighted by Crippen LogP contribution is 2.22. The minimum absolute atomic E-state index is 0.0510. The molecule has 0 aliphatic carbocycles. The van der Waals surface area contributed by atoms with Crippen LogP contribution in [0.25, 0.3) is 0 Å². The van der Waals surface area contributed by atoms with Gasteiger partial charge in [0.15, 0.2) is 0 Å². The number of nitrogens with zero attached hydrogens (tertiary/aromatic N) is 1. The number of amides is 2. The Hall–Kier alpha value is -2.28. The molecular weight excluding hydrogens is 334 g/mol. The quantitative estimate of drug-likeness (QED) is 0.921. The van der Waals surface area contributed by atoms with E-state index in [4.69, 9.17) is 0 Å². The summed E-state index contributed by atoms with van der Waals surface area (Å²) in [5.41, 5.74) is 0.0510. The summed E-state index contributed by atoms with van der Waals surface area (Å²) in [6.07, 6.45) is 1.53. The van der Waals surface area contributed by atoms with E-state index in [9.17, 15) is 18.4 Å². The lowest BCUT2D eigenvalue weighted by molar-refractivity contribution is -0.136. The Morgan fingerprint density at radius 3 is 2.67 bits per heavy atom. The van der Waals surface area contributed by atoms with Crippen molar-refractivity contribution in [1.29, 1.82) is 0 Å². The van der Waals surface area contributed by atoms with Gasteiger partial charge in [0.1, 0.15) is 17.7 Å². The van der Waals surface area contributed by atoms with Crippen LogP contribution >= 0.6 is 11.3 Å². The van der Waals surface area contributed by atoms with Gasteiger partial charge in [-0.05, 0) is 36.4 Å². The summed E-state index contributed by atoms with van der Waals surface area (Å²) < 4.78 is 26.4. The number of benzene rings is 1. The fourth-order valence-electron chi connectivity index (χ4n) is 2.85. The Bertz CT molecular complexity index is 729. The Kier molecular flexibility index (Phi) is 4.89. The van der Waals surface area contributed by atoms with Gasteiger partial charge in [0.25, 0.3) is 0 Å². The van der Waals surface area contributed by atoms with Gasteiger partial charge in [-0.1, -0.05) is 6.07 Å². The number of likely N-dealkylation sites (tertiary alicyclic amines) is 1. The van der Waals surface area contributed by atoms with Crippen LogP contribution in [0.1, 0.15) is 17.7 Å². The minimum Gasteiger partial charge on any atom is -0.330 e. The third-order valence-electron chi connectivity index (χ3n) is 3.91.